The molecule has 2 rings (SSSR count). The summed E-state index contributed by atoms with van der Waals surface area (Å²) in [6.45, 7) is 5.02. The first-order valence-electron chi connectivity index (χ1n) is 5.45. The lowest BCUT2D eigenvalue weighted by molar-refractivity contribution is 0.458. The number of aromatic nitrogens is 3. The third kappa shape index (κ3) is 1.99. The minimum absolute atomic E-state index is 0.000194. The van der Waals surface area contributed by atoms with Crippen LogP contribution in [0.1, 0.15) is 25.8 Å². The van der Waals surface area contributed by atoms with Crippen molar-refractivity contribution in [3.8, 4) is 5.88 Å². The first-order chi connectivity index (χ1) is 7.72. The molecule has 3 N–H and O–H groups in total. The van der Waals surface area contributed by atoms with Crippen LogP contribution < -0.4 is 5.32 Å². The number of aromatic amines is 1. The van der Waals surface area contributed by atoms with Gasteiger partial charge in [0.05, 0.1) is 5.52 Å². The number of nitrogens with zero attached hydrogens (tertiary/aromatic N) is 2. The van der Waals surface area contributed by atoms with Crippen LogP contribution in [-0.2, 0) is 6.54 Å². The van der Waals surface area contributed by atoms with Gasteiger partial charge in [0.2, 0.25) is 5.88 Å². The maximum atomic E-state index is 9.51. The zero-order valence-electron chi connectivity index (χ0n) is 9.49. The first-order valence-corrected chi connectivity index (χ1v) is 5.45. The fraction of sp³-hybridized carbons (Fsp3) is 0.455. The molecule has 0 aliphatic rings. The number of hydrogen-bond acceptors (Lipinski definition) is 4. The van der Waals surface area contributed by atoms with Gasteiger partial charge < -0.3 is 15.4 Å². The molecule has 0 bridgehead atoms. The molecule has 86 valence electrons. The van der Waals surface area contributed by atoms with Gasteiger partial charge in [0.15, 0.2) is 0 Å². The highest BCUT2D eigenvalue weighted by Gasteiger charge is 2.09. The van der Waals surface area contributed by atoms with Crippen LogP contribution in [-0.4, -0.2) is 26.1 Å². The van der Waals surface area contributed by atoms with Gasteiger partial charge in [0, 0.05) is 24.3 Å². The fourth-order valence-corrected chi connectivity index (χ4v) is 1.54. The number of hydrogen-bond donors (Lipinski definition) is 3. The summed E-state index contributed by atoms with van der Waals surface area (Å²) in [5.41, 5.74) is 2.43. The van der Waals surface area contributed by atoms with E-state index < -0.39 is 0 Å². The number of H-pyrrole nitrogens is 1. The van der Waals surface area contributed by atoms with E-state index in [0.717, 1.165) is 24.0 Å². The van der Waals surface area contributed by atoms with E-state index in [4.69, 9.17) is 0 Å². The molecule has 1 atom stereocenters. The Morgan fingerprint density at radius 1 is 1.50 bits per heavy atom. The van der Waals surface area contributed by atoms with Gasteiger partial charge in [0.25, 0.3) is 0 Å². The van der Waals surface area contributed by atoms with Crippen LogP contribution >= 0.6 is 0 Å². The van der Waals surface area contributed by atoms with Crippen molar-refractivity contribution in [2.24, 2.45) is 0 Å². The minimum Gasteiger partial charge on any atom is -0.492 e. The molecule has 0 spiro atoms. The molecule has 2 heterocycles. The fourth-order valence-electron chi connectivity index (χ4n) is 1.54. The Labute approximate surface area is 93.9 Å². The van der Waals surface area contributed by atoms with Crippen molar-refractivity contribution in [2.45, 2.75) is 32.9 Å². The smallest absolute Gasteiger partial charge is 0.239 e. The summed E-state index contributed by atoms with van der Waals surface area (Å²) in [4.78, 5) is 10.9. The molecular formula is C11H16N4O. The van der Waals surface area contributed by atoms with Gasteiger partial charge in [-0.2, -0.15) is 0 Å². The second kappa shape index (κ2) is 4.49. The van der Waals surface area contributed by atoms with Crippen LogP contribution in [0.4, 0.5) is 0 Å². The van der Waals surface area contributed by atoms with E-state index in [0.29, 0.717) is 11.6 Å². The van der Waals surface area contributed by atoms with E-state index in [-0.39, 0.29) is 5.88 Å². The van der Waals surface area contributed by atoms with E-state index in [1.165, 1.54) is 6.33 Å². The number of aromatic hydroxyl groups is 1. The van der Waals surface area contributed by atoms with Gasteiger partial charge in [-0.05, 0) is 13.3 Å². The van der Waals surface area contributed by atoms with Crippen LogP contribution in [0.25, 0.3) is 11.0 Å². The first kappa shape index (κ1) is 10.9. The molecule has 2 aromatic rings. The van der Waals surface area contributed by atoms with Gasteiger partial charge in [-0.1, -0.05) is 6.92 Å². The lowest BCUT2D eigenvalue weighted by Gasteiger charge is -2.09. The Morgan fingerprint density at radius 3 is 3.06 bits per heavy atom. The van der Waals surface area contributed by atoms with Crippen molar-refractivity contribution < 1.29 is 5.11 Å². The Kier molecular flexibility index (Phi) is 3.05. The summed E-state index contributed by atoms with van der Waals surface area (Å²) in [7, 11) is 0. The standard InChI is InChI=1S/C11H16N4O/c1-3-7(2)12-4-8-5-13-10-9(8)14-6-15-11(10)16/h5-7,12-13H,3-4H2,1-2H3,(H,14,15,16). The highest BCUT2D eigenvalue weighted by molar-refractivity contribution is 5.82. The predicted molar refractivity (Wildman–Crippen MR) is 62.1 cm³/mol. The highest BCUT2D eigenvalue weighted by Crippen LogP contribution is 2.21. The van der Waals surface area contributed by atoms with E-state index in [9.17, 15) is 5.11 Å². The monoisotopic (exact) mass is 220 g/mol. The molecule has 0 aromatic carbocycles. The van der Waals surface area contributed by atoms with Crippen molar-refractivity contribution in [2.75, 3.05) is 0 Å². The minimum atomic E-state index is -0.000194. The summed E-state index contributed by atoms with van der Waals surface area (Å²) in [6.07, 6.45) is 4.31. The number of fused-ring (bicyclic) bond motifs is 1. The van der Waals surface area contributed by atoms with Crippen molar-refractivity contribution in [1.82, 2.24) is 20.3 Å². The van der Waals surface area contributed by atoms with E-state index >= 15 is 0 Å². The van der Waals surface area contributed by atoms with Crippen LogP contribution in [0.15, 0.2) is 12.5 Å². The van der Waals surface area contributed by atoms with Gasteiger partial charge in [-0.15, -0.1) is 0 Å². The van der Waals surface area contributed by atoms with Gasteiger partial charge >= 0.3 is 0 Å². The highest BCUT2D eigenvalue weighted by atomic mass is 16.3. The Balaban J connectivity index is 2.22. The zero-order valence-corrected chi connectivity index (χ0v) is 9.49. The molecule has 0 aliphatic carbocycles. The summed E-state index contributed by atoms with van der Waals surface area (Å²) in [5.74, 6) is -0.000194. The molecule has 2 aromatic heterocycles. The molecule has 0 fully saturated rings. The average Bonchev–Trinajstić information content (AvgIpc) is 2.70. The third-order valence-electron chi connectivity index (χ3n) is 2.78. The van der Waals surface area contributed by atoms with Crippen LogP contribution in [0.5, 0.6) is 5.88 Å². The second-order valence-electron chi connectivity index (χ2n) is 3.92. The van der Waals surface area contributed by atoms with Gasteiger partial charge in [0.1, 0.15) is 11.8 Å². The Hall–Kier alpha value is -1.62. The van der Waals surface area contributed by atoms with E-state index in [1.807, 2.05) is 6.20 Å². The normalized spacial score (nSPS) is 13.1. The second-order valence-corrected chi connectivity index (χ2v) is 3.92. The summed E-state index contributed by atoms with van der Waals surface area (Å²) in [6, 6.07) is 0.473. The molecule has 0 aliphatic heterocycles. The lowest BCUT2D eigenvalue weighted by atomic mass is 10.2. The zero-order chi connectivity index (χ0) is 11.5. The average molecular weight is 220 g/mol. The van der Waals surface area contributed by atoms with Gasteiger partial charge in [-0.25, -0.2) is 9.97 Å². The van der Waals surface area contributed by atoms with E-state index in [2.05, 4.69) is 34.1 Å². The molecular weight excluding hydrogens is 204 g/mol. The Morgan fingerprint density at radius 2 is 2.31 bits per heavy atom. The summed E-state index contributed by atoms with van der Waals surface area (Å²) in [5, 5.41) is 12.9. The predicted octanol–water partition coefficient (Wildman–Crippen LogP) is 1.55. The number of nitrogens with one attached hydrogen (secondary N) is 2. The quantitative estimate of drug-likeness (QED) is 0.731. The number of rotatable bonds is 4. The summed E-state index contributed by atoms with van der Waals surface area (Å²) >= 11 is 0. The van der Waals surface area contributed by atoms with Crippen LogP contribution in [0.3, 0.4) is 0 Å². The van der Waals surface area contributed by atoms with Crippen molar-refractivity contribution >= 4 is 11.0 Å². The lowest BCUT2D eigenvalue weighted by Crippen LogP contribution is -2.24. The maximum Gasteiger partial charge on any atom is 0.239 e. The van der Waals surface area contributed by atoms with Crippen molar-refractivity contribution in [3.63, 3.8) is 0 Å². The third-order valence-corrected chi connectivity index (χ3v) is 2.78. The topological polar surface area (TPSA) is 73.8 Å². The van der Waals surface area contributed by atoms with Crippen LogP contribution in [0.2, 0.25) is 0 Å². The molecule has 5 nitrogen and oxygen atoms in total. The van der Waals surface area contributed by atoms with E-state index in [1.54, 1.807) is 0 Å². The van der Waals surface area contributed by atoms with Crippen LogP contribution in [0, 0.1) is 0 Å². The SMILES string of the molecule is CCC(C)NCc1c[nH]c2c(O)ncnc12. The van der Waals surface area contributed by atoms with Crippen molar-refractivity contribution in [1.29, 1.82) is 0 Å². The summed E-state index contributed by atoms with van der Waals surface area (Å²) < 4.78 is 0. The maximum absolute atomic E-state index is 9.51. The molecule has 0 amide bonds. The molecule has 0 radical (unpaired) electrons. The largest absolute Gasteiger partial charge is 0.492 e. The molecule has 0 saturated carbocycles. The van der Waals surface area contributed by atoms with Crippen molar-refractivity contribution in [3.05, 3.63) is 18.1 Å². The Bertz CT molecular complexity index is 480. The molecule has 1 unspecified atom stereocenters. The molecule has 16 heavy (non-hydrogen) atoms. The van der Waals surface area contributed by atoms with Gasteiger partial charge in [-0.3, -0.25) is 0 Å². The molecule has 0 saturated heterocycles. The molecule has 5 heteroatoms.